The van der Waals surface area contributed by atoms with E-state index < -0.39 is 17.0 Å². The van der Waals surface area contributed by atoms with Crippen LogP contribution in [0.25, 0.3) is 0 Å². The molecule has 5 nitrogen and oxygen atoms in total. The first-order valence-corrected chi connectivity index (χ1v) is 8.02. The third-order valence-electron chi connectivity index (χ3n) is 3.32. The van der Waals surface area contributed by atoms with E-state index in [4.69, 9.17) is 23.2 Å². The molecule has 0 fully saturated rings. The number of halogens is 3. The molecule has 0 N–H and O–H groups in total. The zero-order valence-electron chi connectivity index (χ0n) is 11.7. The molecule has 0 amide bonds. The first-order valence-electron chi connectivity index (χ1n) is 6.14. The Balaban J connectivity index is 2.79. The number of hydrogen-bond acceptors (Lipinski definition) is 3. The average molecular weight is 406 g/mol. The van der Waals surface area contributed by atoms with Crippen LogP contribution in [0.4, 0.5) is 0 Å². The second kappa shape index (κ2) is 6.40. The smallest absolute Gasteiger partial charge is 0.299 e. The van der Waals surface area contributed by atoms with Crippen LogP contribution in [0.15, 0.2) is 27.8 Å². The number of aromatic nitrogens is 2. The fraction of sp³-hybridized carbons (Fsp3) is 0.214. The summed E-state index contributed by atoms with van der Waals surface area (Å²) in [5, 5.41) is 0.714. The lowest BCUT2D eigenvalue weighted by Crippen LogP contribution is -2.42. The average Bonchev–Trinajstić information content (AvgIpc) is 2.48. The molecule has 22 heavy (non-hydrogen) atoms. The van der Waals surface area contributed by atoms with Crippen molar-refractivity contribution in [3.05, 3.63) is 65.9 Å². The van der Waals surface area contributed by atoms with Crippen molar-refractivity contribution in [3.8, 4) is 0 Å². The first-order chi connectivity index (χ1) is 10.3. The first kappa shape index (κ1) is 17.0. The highest BCUT2D eigenvalue weighted by Crippen LogP contribution is 2.23. The monoisotopic (exact) mass is 404 g/mol. The van der Waals surface area contributed by atoms with Gasteiger partial charge in [-0.2, -0.15) is 0 Å². The summed E-state index contributed by atoms with van der Waals surface area (Å²) in [5.41, 5.74) is -0.800. The molecule has 0 saturated carbocycles. The zero-order chi connectivity index (χ0) is 16.6. The van der Waals surface area contributed by atoms with Crippen molar-refractivity contribution in [1.82, 2.24) is 9.13 Å². The summed E-state index contributed by atoms with van der Waals surface area (Å²) in [7, 11) is 2.82. The Kier molecular flexibility index (Phi) is 4.94. The van der Waals surface area contributed by atoms with Gasteiger partial charge in [-0.15, -0.1) is 0 Å². The molecule has 0 unspecified atom stereocenters. The van der Waals surface area contributed by atoms with Crippen LogP contribution in [0.1, 0.15) is 21.6 Å². The maximum atomic E-state index is 12.7. The Labute approximate surface area is 144 Å². The minimum Gasteiger partial charge on any atom is -0.299 e. The van der Waals surface area contributed by atoms with Gasteiger partial charge in [0, 0.05) is 35.7 Å². The molecule has 1 aromatic carbocycles. The number of carbonyl (C=O) groups excluding carboxylic acids is 1. The van der Waals surface area contributed by atoms with E-state index in [9.17, 15) is 14.4 Å². The fourth-order valence-corrected chi connectivity index (χ4v) is 3.23. The van der Waals surface area contributed by atoms with Crippen LogP contribution in [-0.4, -0.2) is 14.9 Å². The minimum absolute atomic E-state index is 0.0919. The number of rotatable bonds is 3. The minimum atomic E-state index is -0.659. The van der Waals surface area contributed by atoms with Crippen molar-refractivity contribution in [2.24, 2.45) is 14.1 Å². The molecule has 0 radical (unpaired) electrons. The summed E-state index contributed by atoms with van der Waals surface area (Å²) in [6.07, 6.45) is 0. The van der Waals surface area contributed by atoms with Crippen molar-refractivity contribution in [1.29, 1.82) is 0 Å². The molecule has 0 spiro atoms. The molecule has 8 heteroatoms. The summed E-state index contributed by atoms with van der Waals surface area (Å²) < 4.78 is 2.15. The molecule has 0 aliphatic heterocycles. The molecule has 0 aliphatic carbocycles. The van der Waals surface area contributed by atoms with Gasteiger partial charge in [-0.3, -0.25) is 18.7 Å². The normalized spacial score (nSPS) is 10.8. The summed E-state index contributed by atoms with van der Waals surface area (Å²) in [6, 6.07) is 4.40. The molecule has 116 valence electrons. The number of hydrogen-bond donors (Lipinski definition) is 0. The Morgan fingerprint density at radius 3 is 2.36 bits per heavy atom. The van der Waals surface area contributed by atoms with Gasteiger partial charge in [0.2, 0.25) is 5.78 Å². The van der Waals surface area contributed by atoms with E-state index in [1.165, 1.54) is 36.9 Å². The van der Waals surface area contributed by atoms with E-state index in [2.05, 4.69) is 15.9 Å². The number of carbonyl (C=O) groups is 1. The van der Waals surface area contributed by atoms with Crippen LogP contribution >= 0.6 is 39.1 Å². The van der Waals surface area contributed by atoms with E-state index >= 15 is 0 Å². The van der Waals surface area contributed by atoms with Crippen molar-refractivity contribution >= 4 is 44.9 Å². The van der Waals surface area contributed by atoms with Crippen molar-refractivity contribution in [3.63, 3.8) is 0 Å². The molecule has 0 aliphatic rings. The van der Waals surface area contributed by atoms with Crippen LogP contribution in [0, 0.1) is 0 Å². The zero-order valence-corrected chi connectivity index (χ0v) is 14.8. The molecule has 1 heterocycles. The maximum Gasteiger partial charge on any atom is 0.330 e. The number of benzene rings is 1. The Bertz CT molecular complexity index is 887. The number of nitrogens with zero attached hydrogens (tertiary/aromatic N) is 2. The van der Waals surface area contributed by atoms with Gasteiger partial charge in [-0.1, -0.05) is 39.1 Å². The van der Waals surface area contributed by atoms with Gasteiger partial charge in [-0.05, 0) is 18.2 Å². The van der Waals surface area contributed by atoms with E-state index in [0.717, 1.165) is 4.57 Å². The molecular formula is C14H11BrCl2N2O3. The SMILES string of the molecule is Cn1c(CBr)c(C(=O)c2ccc(Cl)cc2Cl)c(=O)n(C)c1=O. The Hall–Kier alpha value is -1.37. The van der Waals surface area contributed by atoms with Gasteiger partial charge in [0.1, 0.15) is 5.56 Å². The maximum absolute atomic E-state index is 12.7. The van der Waals surface area contributed by atoms with E-state index in [0.29, 0.717) is 10.7 Å². The van der Waals surface area contributed by atoms with Crippen LogP contribution in [0.3, 0.4) is 0 Å². The number of alkyl halides is 1. The highest BCUT2D eigenvalue weighted by atomic mass is 79.9. The largest absolute Gasteiger partial charge is 0.330 e. The summed E-state index contributed by atoms with van der Waals surface area (Å²) >= 11 is 15.1. The lowest BCUT2D eigenvalue weighted by atomic mass is 10.0. The molecule has 0 bridgehead atoms. The second-order valence-corrected chi connectivity index (χ2v) is 6.02. The fourth-order valence-electron chi connectivity index (χ4n) is 2.08. The van der Waals surface area contributed by atoms with Gasteiger partial charge in [0.05, 0.1) is 5.02 Å². The van der Waals surface area contributed by atoms with Gasteiger partial charge in [0.15, 0.2) is 0 Å². The molecule has 1 aromatic heterocycles. The van der Waals surface area contributed by atoms with Crippen LogP contribution < -0.4 is 11.2 Å². The van der Waals surface area contributed by atoms with Crippen molar-refractivity contribution < 1.29 is 4.79 Å². The summed E-state index contributed by atoms with van der Waals surface area (Å²) in [4.78, 5) is 37.0. The Morgan fingerprint density at radius 1 is 1.18 bits per heavy atom. The van der Waals surface area contributed by atoms with Gasteiger partial charge >= 0.3 is 5.69 Å². The highest BCUT2D eigenvalue weighted by Gasteiger charge is 2.23. The molecule has 0 atom stereocenters. The van der Waals surface area contributed by atoms with Gasteiger partial charge in [-0.25, -0.2) is 4.79 Å². The van der Waals surface area contributed by atoms with Gasteiger partial charge in [0.25, 0.3) is 5.56 Å². The second-order valence-electron chi connectivity index (χ2n) is 4.61. The Morgan fingerprint density at radius 2 is 1.82 bits per heavy atom. The lowest BCUT2D eigenvalue weighted by molar-refractivity contribution is 0.103. The van der Waals surface area contributed by atoms with Crippen LogP contribution in [0.5, 0.6) is 0 Å². The molecule has 2 rings (SSSR count). The third kappa shape index (κ3) is 2.78. The number of ketones is 1. The molecule has 0 saturated heterocycles. The molecule has 2 aromatic rings. The quantitative estimate of drug-likeness (QED) is 0.582. The van der Waals surface area contributed by atoms with E-state index in [1.54, 1.807) is 0 Å². The van der Waals surface area contributed by atoms with Crippen molar-refractivity contribution in [2.75, 3.05) is 0 Å². The topological polar surface area (TPSA) is 61.1 Å². The predicted octanol–water partition coefficient (Wildman–Crippen LogP) is 2.52. The summed E-state index contributed by atoms with van der Waals surface area (Å²) in [5.74, 6) is -0.549. The lowest BCUT2D eigenvalue weighted by Gasteiger charge is -2.13. The van der Waals surface area contributed by atoms with Gasteiger partial charge < -0.3 is 0 Å². The molecular weight excluding hydrogens is 395 g/mol. The van der Waals surface area contributed by atoms with E-state index in [1.807, 2.05) is 0 Å². The van der Waals surface area contributed by atoms with E-state index in [-0.39, 0.29) is 21.5 Å². The van der Waals surface area contributed by atoms with Crippen molar-refractivity contribution in [2.45, 2.75) is 5.33 Å². The van der Waals surface area contributed by atoms with Crippen LogP contribution in [-0.2, 0) is 19.4 Å². The summed E-state index contributed by atoms with van der Waals surface area (Å²) in [6.45, 7) is 0. The standard InChI is InChI=1S/C14H11BrCl2N2O3/c1-18-10(6-15)11(13(21)19(2)14(18)22)12(20)8-4-3-7(16)5-9(8)17/h3-5H,6H2,1-2H3. The predicted molar refractivity (Wildman–Crippen MR) is 89.4 cm³/mol. The third-order valence-corrected chi connectivity index (χ3v) is 4.39. The van der Waals surface area contributed by atoms with Crippen LogP contribution in [0.2, 0.25) is 10.0 Å². The highest BCUT2D eigenvalue weighted by molar-refractivity contribution is 9.08.